The van der Waals surface area contributed by atoms with Crippen molar-refractivity contribution in [1.82, 2.24) is 4.57 Å². The lowest BCUT2D eigenvalue weighted by Gasteiger charge is -2.19. The number of methoxy groups -OCH3 is 2. The van der Waals surface area contributed by atoms with Crippen LogP contribution < -0.4 is 20.2 Å². The molecule has 0 aliphatic heterocycles. The van der Waals surface area contributed by atoms with Gasteiger partial charge in [0.15, 0.2) is 16.9 Å². The summed E-state index contributed by atoms with van der Waals surface area (Å²) in [7, 11) is 4.93. The molecule has 0 fully saturated rings. The smallest absolute Gasteiger partial charge is 0.256 e. The number of benzene rings is 3. The molecule has 0 saturated heterocycles. The molecule has 1 aromatic heterocycles. The molecule has 6 heteroatoms. The molecule has 1 N–H and O–H groups in total. The molecule has 162 valence electrons. The Kier molecular flexibility index (Phi) is 5.69. The zero-order chi connectivity index (χ0) is 22.8. The van der Waals surface area contributed by atoms with Gasteiger partial charge in [0.2, 0.25) is 0 Å². The van der Waals surface area contributed by atoms with Gasteiger partial charge in [-0.3, -0.25) is 9.59 Å². The van der Waals surface area contributed by atoms with E-state index >= 15 is 0 Å². The number of fused-ring (bicyclic) bond motifs is 1. The van der Waals surface area contributed by atoms with Crippen molar-refractivity contribution in [3.05, 3.63) is 88.1 Å². The zero-order valence-electron chi connectivity index (χ0n) is 18.4. The van der Waals surface area contributed by atoms with Crippen molar-refractivity contribution in [2.45, 2.75) is 6.92 Å². The van der Waals surface area contributed by atoms with Crippen LogP contribution >= 0.6 is 0 Å². The molecule has 0 unspecified atom stereocenters. The summed E-state index contributed by atoms with van der Waals surface area (Å²) in [5.41, 5.74) is 3.04. The minimum atomic E-state index is -0.291. The van der Waals surface area contributed by atoms with Crippen LogP contribution in [-0.2, 0) is 7.05 Å². The maximum atomic E-state index is 13.6. The van der Waals surface area contributed by atoms with Crippen molar-refractivity contribution in [2.24, 2.45) is 7.05 Å². The Labute approximate surface area is 186 Å². The third-order valence-corrected chi connectivity index (χ3v) is 5.49. The zero-order valence-corrected chi connectivity index (χ0v) is 18.4. The molecular weight excluding hydrogens is 404 g/mol. The number of rotatable bonds is 5. The Morgan fingerprint density at radius 1 is 0.906 bits per heavy atom. The molecule has 3 aromatic carbocycles. The summed E-state index contributed by atoms with van der Waals surface area (Å²) >= 11 is 0. The first-order valence-corrected chi connectivity index (χ1v) is 10.2. The molecule has 32 heavy (non-hydrogen) atoms. The summed E-state index contributed by atoms with van der Waals surface area (Å²) in [6.07, 6.45) is 0. The van der Waals surface area contributed by atoms with Crippen molar-refractivity contribution in [3.63, 3.8) is 0 Å². The van der Waals surface area contributed by atoms with Gasteiger partial charge in [-0.25, -0.2) is 0 Å². The fourth-order valence-electron chi connectivity index (χ4n) is 3.86. The lowest BCUT2D eigenvalue weighted by Crippen LogP contribution is -2.21. The van der Waals surface area contributed by atoms with Crippen LogP contribution in [0.5, 0.6) is 11.5 Å². The van der Waals surface area contributed by atoms with Gasteiger partial charge in [-0.2, -0.15) is 0 Å². The minimum Gasteiger partial charge on any atom is -0.493 e. The van der Waals surface area contributed by atoms with Gasteiger partial charge in [0.1, 0.15) is 5.82 Å². The van der Waals surface area contributed by atoms with E-state index in [0.29, 0.717) is 39.4 Å². The Balaban J connectivity index is 1.96. The normalized spacial score (nSPS) is 10.8. The number of nitrogens with one attached hydrogen (secondary N) is 1. The number of amides is 1. The lowest BCUT2D eigenvalue weighted by molar-refractivity contribution is 0.102. The van der Waals surface area contributed by atoms with Crippen molar-refractivity contribution in [2.75, 3.05) is 19.5 Å². The SMILES string of the molecule is COc1ccc(-c2c(NC(=O)c3cccc(C)c3)n(C)c3ccccc3c2=O)cc1OC. The number of nitrogens with zero attached hydrogens (tertiary/aromatic N) is 1. The van der Waals surface area contributed by atoms with E-state index in [-0.39, 0.29) is 11.3 Å². The van der Waals surface area contributed by atoms with E-state index in [0.717, 1.165) is 11.1 Å². The third-order valence-electron chi connectivity index (χ3n) is 5.49. The average molecular weight is 428 g/mol. The predicted octanol–water partition coefficient (Wildman–Crippen LogP) is 4.78. The number of pyridine rings is 1. The number of anilines is 1. The first kappa shape index (κ1) is 21.2. The van der Waals surface area contributed by atoms with E-state index in [1.165, 1.54) is 0 Å². The van der Waals surface area contributed by atoms with Gasteiger partial charge >= 0.3 is 0 Å². The summed E-state index contributed by atoms with van der Waals surface area (Å²) in [5.74, 6) is 1.17. The van der Waals surface area contributed by atoms with Gasteiger partial charge in [0.05, 0.1) is 25.3 Å². The van der Waals surface area contributed by atoms with Crippen LogP contribution in [-0.4, -0.2) is 24.7 Å². The van der Waals surface area contributed by atoms with Crippen LogP contribution in [0.15, 0.2) is 71.5 Å². The van der Waals surface area contributed by atoms with Crippen LogP contribution in [0.2, 0.25) is 0 Å². The quantitative estimate of drug-likeness (QED) is 0.497. The molecule has 1 heterocycles. The molecule has 0 saturated carbocycles. The lowest BCUT2D eigenvalue weighted by atomic mass is 10.0. The number of carbonyl (C=O) groups excluding carboxylic acids is 1. The first-order chi connectivity index (χ1) is 15.4. The fraction of sp³-hybridized carbons (Fsp3) is 0.154. The molecule has 4 rings (SSSR count). The highest BCUT2D eigenvalue weighted by Gasteiger charge is 2.20. The molecule has 4 aromatic rings. The number of para-hydroxylation sites is 1. The van der Waals surface area contributed by atoms with E-state index in [2.05, 4.69) is 5.32 Å². The second-order valence-electron chi connectivity index (χ2n) is 7.52. The molecule has 0 atom stereocenters. The van der Waals surface area contributed by atoms with Crippen LogP contribution in [0.1, 0.15) is 15.9 Å². The molecule has 6 nitrogen and oxygen atoms in total. The average Bonchev–Trinajstić information content (AvgIpc) is 2.82. The van der Waals surface area contributed by atoms with Crippen LogP contribution in [0.4, 0.5) is 5.82 Å². The van der Waals surface area contributed by atoms with Gasteiger partial charge in [0.25, 0.3) is 5.91 Å². The van der Waals surface area contributed by atoms with Crippen LogP contribution in [0.3, 0.4) is 0 Å². The van der Waals surface area contributed by atoms with E-state index in [9.17, 15) is 9.59 Å². The summed E-state index contributed by atoms with van der Waals surface area (Å²) in [4.78, 5) is 26.7. The van der Waals surface area contributed by atoms with E-state index in [1.54, 1.807) is 44.6 Å². The third kappa shape index (κ3) is 3.71. The number of carbonyl (C=O) groups is 1. The second kappa shape index (κ2) is 8.59. The molecule has 0 aliphatic carbocycles. The summed E-state index contributed by atoms with van der Waals surface area (Å²) in [5, 5.41) is 3.54. The molecule has 0 aliphatic rings. The molecular formula is C26H24N2O4. The number of hydrogen-bond acceptors (Lipinski definition) is 4. The van der Waals surface area contributed by atoms with E-state index in [1.807, 2.05) is 54.9 Å². The van der Waals surface area contributed by atoms with Crippen LogP contribution in [0, 0.1) is 6.92 Å². The minimum absolute atomic E-state index is 0.175. The molecule has 0 spiro atoms. The maximum absolute atomic E-state index is 13.6. The molecule has 1 amide bonds. The van der Waals surface area contributed by atoms with Gasteiger partial charge in [-0.15, -0.1) is 0 Å². The summed E-state index contributed by atoms with van der Waals surface area (Å²) < 4.78 is 12.6. The number of aromatic nitrogens is 1. The van der Waals surface area contributed by atoms with Gasteiger partial charge in [0, 0.05) is 18.0 Å². The summed E-state index contributed by atoms with van der Waals surface area (Å²) in [6, 6.07) is 19.9. The highest BCUT2D eigenvalue weighted by molar-refractivity contribution is 6.07. The predicted molar refractivity (Wildman–Crippen MR) is 127 cm³/mol. The van der Waals surface area contributed by atoms with Crippen molar-refractivity contribution in [1.29, 1.82) is 0 Å². The number of hydrogen-bond donors (Lipinski definition) is 1. The first-order valence-electron chi connectivity index (χ1n) is 10.2. The largest absolute Gasteiger partial charge is 0.493 e. The maximum Gasteiger partial charge on any atom is 0.256 e. The van der Waals surface area contributed by atoms with Crippen molar-refractivity contribution in [3.8, 4) is 22.6 Å². The van der Waals surface area contributed by atoms with Crippen LogP contribution in [0.25, 0.3) is 22.0 Å². The monoisotopic (exact) mass is 428 g/mol. The number of aryl methyl sites for hydroxylation is 2. The Bertz CT molecular complexity index is 1390. The summed E-state index contributed by atoms with van der Waals surface area (Å²) in [6.45, 7) is 1.93. The Morgan fingerprint density at radius 3 is 2.38 bits per heavy atom. The van der Waals surface area contributed by atoms with Gasteiger partial charge in [-0.1, -0.05) is 35.9 Å². The van der Waals surface area contributed by atoms with E-state index in [4.69, 9.17) is 9.47 Å². The highest BCUT2D eigenvalue weighted by Crippen LogP contribution is 2.35. The van der Waals surface area contributed by atoms with Crippen molar-refractivity contribution < 1.29 is 14.3 Å². The molecule has 0 radical (unpaired) electrons. The van der Waals surface area contributed by atoms with E-state index < -0.39 is 0 Å². The van der Waals surface area contributed by atoms with Gasteiger partial charge in [-0.05, 0) is 48.9 Å². The Hall–Kier alpha value is -4.06. The molecule has 0 bridgehead atoms. The highest BCUT2D eigenvalue weighted by atomic mass is 16.5. The van der Waals surface area contributed by atoms with Gasteiger partial charge < -0.3 is 19.4 Å². The topological polar surface area (TPSA) is 69.6 Å². The Morgan fingerprint density at radius 2 is 1.66 bits per heavy atom. The van der Waals surface area contributed by atoms with Crippen molar-refractivity contribution >= 4 is 22.6 Å². The second-order valence-corrected chi connectivity index (χ2v) is 7.52. The standard InChI is InChI=1S/C26H24N2O4/c1-16-8-7-9-18(14-16)26(30)27-25-23(17-12-13-21(31-3)22(15-17)32-4)24(29)19-10-5-6-11-20(19)28(25)2/h5-15H,1-4H3,(H,27,30). The fourth-order valence-corrected chi connectivity index (χ4v) is 3.86. The number of ether oxygens (including phenoxy) is 2.